The minimum atomic E-state index is -4.15. The molecule has 3 aromatic carbocycles. The highest BCUT2D eigenvalue weighted by molar-refractivity contribution is 7.90. The van der Waals surface area contributed by atoms with Crippen LogP contribution in [0, 0.1) is 17.0 Å². The van der Waals surface area contributed by atoms with Crippen molar-refractivity contribution in [2.75, 3.05) is 0 Å². The number of aromatic amines is 1. The molecule has 29 heavy (non-hydrogen) atoms. The van der Waals surface area contributed by atoms with Gasteiger partial charge in [-0.25, -0.2) is 0 Å². The molecule has 0 amide bonds. The molecule has 1 heterocycles. The Morgan fingerprint density at radius 2 is 1.76 bits per heavy atom. The van der Waals surface area contributed by atoms with Crippen molar-refractivity contribution in [2.24, 2.45) is 9.63 Å². The molecule has 0 atom stereocenters. The number of aryl methyl sites for hydroxylation is 1. The molecule has 0 aliphatic rings. The lowest BCUT2D eigenvalue weighted by atomic mass is 10.1. The summed E-state index contributed by atoms with van der Waals surface area (Å²) in [5.41, 5.74) is 1.00. The second-order valence-electron chi connectivity index (χ2n) is 6.48. The van der Waals surface area contributed by atoms with Crippen molar-refractivity contribution in [1.29, 1.82) is 0 Å². The Hall–Kier alpha value is -3.79. The van der Waals surface area contributed by atoms with E-state index in [1.54, 1.807) is 6.07 Å². The van der Waals surface area contributed by atoms with E-state index in [0.29, 0.717) is 5.52 Å². The van der Waals surface area contributed by atoms with Crippen molar-refractivity contribution in [3.8, 4) is 5.88 Å². The highest BCUT2D eigenvalue weighted by Gasteiger charge is 2.18. The maximum atomic E-state index is 12.6. The first-order chi connectivity index (χ1) is 13.7. The SMILES string of the molecule is Cc1ccc2cc(S(=O)(=O)N=Nc3c(O)[nH]c4ccc([N+](=O)[O-])cc34)ccc2c1. The Morgan fingerprint density at radius 1 is 1.03 bits per heavy atom. The van der Waals surface area contributed by atoms with E-state index in [1.165, 1.54) is 30.3 Å². The zero-order chi connectivity index (χ0) is 20.8. The average molecular weight is 410 g/mol. The average Bonchev–Trinajstić information content (AvgIpc) is 3.00. The van der Waals surface area contributed by atoms with Gasteiger partial charge >= 0.3 is 0 Å². The number of nitro benzene ring substituents is 1. The van der Waals surface area contributed by atoms with Crippen LogP contribution in [0.2, 0.25) is 0 Å². The van der Waals surface area contributed by atoms with Crippen LogP contribution >= 0.6 is 0 Å². The third kappa shape index (κ3) is 3.41. The van der Waals surface area contributed by atoms with Crippen molar-refractivity contribution in [3.63, 3.8) is 0 Å². The molecule has 146 valence electrons. The molecule has 0 saturated heterocycles. The summed E-state index contributed by atoms with van der Waals surface area (Å²) in [5, 5.41) is 26.5. The third-order valence-corrected chi connectivity index (χ3v) is 5.61. The van der Waals surface area contributed by atoms with Gasteiger partial charge in [0.2, 0.25) is 5.88 Å². The minimum absolute atomic E-state index is 0.0529. The molecule has 0 radical (unpaired) electrons. The highest BCUT2D eigenvalue weighted by Crippen LogP contribution is 2.37. The Bertz CT molecular complexity index is 1420. The van der Waals surface area contributed by atoms with Crippen molar-refractivity contribution in [3.05, 3.63) is 70.3 Å². The molecule has 9 nitrogen and oxygen atoms in total. The smallest absolute Gasteiger partial charge is 0.299 e. The fraction of sp³-hybridized carbons (Fsp3) is 0.0526. The monoisotopic (exact) mass is 410 g/mol. The first-order valence-corrected chi connectivity index (χ1v) is 9.86. The number of sulfonamides is 1. The van der Waals surface area contributed by atoms with E-state index in [0.717, 1.165) is 16.3 Å². The molecule has 0 unspecified atom stereocenters. The van der Waals surface area contributed by atoms with Crippen LogP contribution in [0.4, 0.5) is 11.4 Å². The number of benzene rings is 3. The van der Waals surface area contributed by atoms with Crippen molar-refractivity contribution >= 4 is 43.1 Å². The Kier molecular flexibility index (Phi) is 4.27. The molecule has 1 aromatic heterocycles. The first kappa shape index (κ1) is 18.6. The zero-order valence-corrected chi connectivity index (χ0v) is 15.8. The molecule has 4 aromatic rings. The summed E-state index contributed by atoms with van der Waals surface area (Å²) >= 11 is 0. The number of rotatable bonds is 4. The fourth-order valence-corrected chi connectivity index (χ4v) is 3.81. The van der Waals surface area contributed by atoms with E-state index >= 15 is 0 Å². The van der Waals surface area contributed by atoms with Gasteiger partial charge in [0.05, 0.1) is 15.3 Å². The van der Waals surface area contributed by atoms with Gasteiger partial charge in [-0.15, -0.1) is 5.11 Å². The fourth-order valence-electron chi connectivity index (χ4n) is 3.01. The van der Waals surface area contributed by atoms with Gasteiger partial charge in [-0.2, -0.15) is 8.42 Å². The maximum Gasteiger partial charge on any atom is 0.299 e. The third-order valence-electron chi connectivity index (χ3n) is 4.46. The summed E-state index contributed by atoms with van der Waals surface area (Å²) in [5.74, 6) is -0.437. The van der Waals surface area contributed by atoms with E-state index in [1.807, 2.05) is 25.1 Å². The van der Waals surface area contributed by atoms with Gasteiger partial charge in [0.1, 0.15) is 0 Å². The number of hydrogen-bond donors (Lipinski definition) is 2. The van der Waals surface area contributed by atoms with Crippen LogP contribution in [0.15, 0.2) is 69.1 Å². The zero-order valence-electron chi connectivity index (χ0n) is 15.0. The number of nitrogens with zero attached hydrogens (tertiary/aromatic N) is 3. The number of aromatic nitrogens is 1. The lowest BCUT2D eigenvalue weighted by molar-refractivity contribution is -0.384. The second kappa shape index (κ2) is 6.67. The number of aromatic hydroxyl groups is 1. The molecule has 0 aliphatic heterocycles. The summed E-state index contributed by atoms with van der Waals surface area (Å²) in [4.78, 5) is 12.9. The Balaban J connectivity index is 1.76. The molecule has 2 N–H and O–H groups in total. The number of nitrogens with one attached hydrogen (secondary N) is 1. The summed E-state index contributed by atoms with van der Waals surface area (Å²) in [6.45, 7) is 1.94. The van der Waals surface area contributed by atoms with Crippen LogP contribution in [0.25, 0.3) is 21.7 Å². The van der Waals surface area contributed by atoms with E-state index in [2.05, 4.69) is 14.6 Å². The van der Waals surface area contributed by atoms with Crippen LogP contribution in [0.5, 0.6) is 5.88 Å². The molecule has 0 saturated carbocycles. The van der Waals surface area contributed by atoms with Gasteiger partial charge in [0.15, 0.2) is 5.69 Å². The van der Waals surface area contributed by atoms with Crippen LogP contribution in [0.3, 0.4) is 0 Å². The summed E-state index contributed by atoms with van der Waals surface area (Å²) in [6.07, 6.45) is 0. The highest BCUT2D eigenvalue weighted by atomic mass is 32.2. The van der Waals surface area contributed by atoms with E-state index in [9.17, 15) is 23.6 Å². The molecular formula is C19H14N4O5S. The van der Waals surface area contributed by atoms with Crippen LogP contribution < -0.4 is 0 Å². The van der Waals surface area contributed by atoms with Gasteiger partial charge in [0.25, 0.3) is 15.7 Å². The van der Waals surface area contributed by atoms with Crippen LogP contribution in [0.1, 0.15) is 5.56 Å². The molecule has 0 bridgehead atoms. The van der Waals surface area contributed by atoms with Gasteiger partial charge in [-0.3, -0.25) is 10.1 Å². The second-order valence-corrected chi connectivity index (χ2v) is 8.06. The molecular weight excluding hydrogens is 396 g/mol. The Morgan fingerprint density at radius 3 is 2.52 bits per heavy atom. The number of hydrogen-bond acceptors (Lipinski definition) is 6. The first-order valence-electron chi connectivity index (χ1n) is 8.42. The lowest BCUT2D eigenvalue weighted by Crippen LogP contribution is -1.95. The Labute approximate surface area is 164 Å². The number of H-pyrrole nitrogens is 1. The molecule has 10 heteroatoms. The molecule has 4 rings (SSSR count). The van der Waals surface area contributed by atoms with Crippen molar-refractivity contribution in [2.45, 2.75) is 11.8 Å². The van der Waals surface area contributed by atoms with Crippen LogP contribution in [-0.2, 0) is 10.0 Å². The predicted octanol–water partition coefficient (Wildman–Crippen LogP) is 4.72. The number of non-ortho nitro benzene ring substituents is 1. The molecule has 0 spiro atoms. The van der Waals surface area contributed by atoms with E-state index in [4.69, 9.17) is 0 Å². The quantitative estimate of drug-likeness (QED) is 0.285. The van der Waals surface area contributed by atoms with Gasteiger partial charge in [0, 0.05) is 17.5 Å². The van der Waals surface area contributed by atoms with Crippen LogP contribution in [-0.4, -0.2) is 23.4 Å². The number of nitro groups is 1. The minimum Gasteiger partial charge on any atom is -0.493 e. The largest absolute Gasteiger partial charge is 0.493 e. The summed E-state index contributed by atoms with van der Waals surface area (Å²) < 4.78 is 28.6. The molecule has 0 aliphatic carbocycles. The van der Waals surface area contributed by atoms with E-state index in [-0.39, 0.29) is 21.7 Å². The van der Waals surface area contributed by atoms with Crippen molar-refractivity contribution in [1.82, 2.24) is 4.98 Å². The predicted molar refractivity (Wildman–Crippen MR) is 107 cm³/mol. The maximum absolute atomic E-state index is 12.6. The van der Waals surface area contributed by atoms with Gasteiger partial charge in [-0.05, 0) is 35.9 Å². The summed E-state index contributed by atoms with van der Waals surface area (Å²) in [6, 6.07) is 14.0. The van der Waals surface area contributed by atoms with Gasteiger partial charge in [-0.1, -0.05) is 34.3 Å². The van der Waals surface area contributed by atoms with Crippen molar-refractivity contribution < 1.29 is 18.4 Å². The molecule has 0 fully saturated rings. The van der Waals surface area contributed by atoms with E-state index < -0.39 is 20.8 Å². The normalized spacial score (nSPS) is 12.2. The van der Waals surface area contributed by atoms with Gasteiger partial charge < -0.3 is 10.1 Å². The summed E-state index contributed by atoms with van der Waals surface area (Å²) in [7, 11) is -4.15. The standard InChI is InChI=1S/C19H14N4O5S/c1-11-2-3-13-9-15(6-4-12(13)8-11)29(27,28)22-21-18-16-10-14(23(25)26)5-7-17(16)20-19(18)24/h2-10,20,24H,1H3. The topological polar surface area (TPSA) is 138 Å². The number of fused-ring (bicyclic) bond motifs is 2. The lowest BCUT2D eigenvalue weighted by Gasteiger charge is -2.02.